The molecule has 0 unspecified atom stereocenters. The molecule has 0 saturated carbocycles. The molecule has 9 rings (SSSR count). The molecule has 9 heteroatoms. The maximum Gasteiger partial charge on any atom is 0.266 e. The maximum atomic E-state index is 14.3. The van der Waals surface area contributed by atoms with Crippen molar-refractivity contribution in [2.24, 2.45) is 0 Å². The van der Waals surface area contributed by atoms with Gasteiger partial charge in [0.15, 0.2) is 11.6 Å². The molecule has 252 valence electrons. The molecule has 0 atom stereocenters. The number of nitrogens with one attached hydrogen (secondary N) is 1. The maximum absolute atomic E-state index is 14.3. The average Bonchev–Trinajstić information content (AvgIpc) is 3.69. The number of imide groups is 1. The number of carbonyl (C=O) groups excluding carboxylic acids is 4. The third-order valence-electron chi connectivity index (χ3n) is 10.1. The number of allylic oxidation sites excluding steroid dienone is 4. The van der Waals surface area contributed by atoms with E-state index < -0.39 is 34.9 Å². The Balaban J connectivity index is 1.11. The van der Waals surface area contributed by atoms with Crippen LogP contribution in [0, 0.1) is 0 Å². The summed E-state index contributed by atoms with van der Waals surface area (Å²) in [5.74, 6) is -3.39. The lowest BCUT2D eigenvalue weighted by atomic mass is 9.76. The van der Waals surface area contributed by atoms with Crippen molar-refractivity contribution in [1.29, 1.82) is 0 Å². The number of rotatable bonds is 6. The van der Waals surface area contributed by atoms with E-state index >= 15 is 0 Å². The van der Waals surface area contributed by atoms with E-state index in [2.05, 4.69) is 23.8 Å². The van der Waals surface area contributed by atoms with E-state index in [1.54, 1.807) is 24.3 Å². The first-order chi connectivity index (χ1) is 25.2. The van der Waals surface area contributed by atoms with Gasteiger partial charge in [0.05, 0.1) is 16.6 Å². The van der Waals surface area contributed by atoms with Crippen LogP contribution in [0.25, 0.3) is 27.2 Å². The van der Waals surface area contributed by atoms with E-state index in [1.165, 1.54) is 28.8 Å². The molecule has 2 amide bonds. The minimum absolute atomic E-state index is 0.0542. The topological polar surface area (TPSA) is 117 Å². The first-order valence-electron chi connectivity index (χ1n) is 17.0. The monoisotopic (exact) mass is 699 g/mol. The summed E-state index contributed by atoms with van der Waals surface area (Å²) >= 11 is 1.50. The third-order valence-corrected chi connectivity index (χ3v) is 11.1. The second kappa shape index (κ2) is 12.0. The van der Waals surface area contributed by atoms with Gasteiger partial charge in [-0.15, -0.1) is 0 Å². The number of benzene rings is 5. The fourth-order valence-corrected chi connectivity index (χ4v) is 8.34. The van der Waals surface area contributed by atoms with E-state index in [-0.39, 0.29) is 44.8 Å². The number of nitrogens with zero attached hydrogens (tertiary/aromatic N) is 2. The van der Waals surface area contributed by atoms with Gasteiger partial charge in [-0.3, -0.25) is 24.0 Å². The lowest BCUT2D eigenvalue weighted by molar-refractivity contribution is 0.0843. The van der Waals surface area contributed by atoms with Crippen LogP contribution in [0.2, 0.25) is 0 Å². The van der Waals surface area contributed by atoms with Crippen molar-refractivity contribution >= 4 is 68.1 Å². The molecule has 1 N–H and O–H groups in total. The summed E-state index contributed by atoms with van der Waals surface area (Å²) in [4.78, 5) is 80.8. The highest BCUT2D eigenvalue weighted by atomic mass is 32.2. The summed E-state index contributed by atoms with van der Waals surface area (Å²) in [6.07, 6.45) is 6.67. The minimum Gasteiger partial charge on any atom is -0.309 e. The zero-order valence-electron chi connectivity index (χ0n) is 28.1. The van der Waals surface area contributed by atoms with Crippen LogP contribution < -0.4 is 10.5 Å². The molecule has 1 aliphatic heterocycles. The number of carbonyl (C=O) groups is 4. The number of hydrogen-bond acceptors (Lipinski definition) is 7. The number of amides is 2. The van der Waals surface area contributed by atoms with Crippen molar-refractivity contribution in [3.8, 4) is 0 Å². The fourth-order valence-electron chi connectivity index (χ4n) is 7.47. The molecule has 0 radical (unpaired) electrons. The molecule has 3 aliphatic rings. The van der Waals surface area contributed by atoms with Gasteiger partial charge in [-0.05, 0) is 90.2 Å². The standard InChI is InChI=1S/C43H29N3O5S/c1-22(2)24-12-19-34(31(20-24)23-8-6-7-9-23)46-42(50)29-16-14-27-35-28(15-17-30(36(29)35)43(46)51)39(48)37(38(27)47)40-44-33-18-13-26(21-32(33)41(49)45-40)52-25-10-4-3-5-11-25/h3-8,10-22,37H,9H2,1-2H3,(H,44,45,49). The van der Waals surface area contributed by atoms with Crippen molar-refractivity contribution in [3.63, 3.8) is 0 Å². The molecule has 2 heterocycles. The van der Waals surface area contributed by atoms with Gasteiger partial charge in [-0.25, -0.2) is 9.88 Å². The molecular formula is C43H29N3O5S. The Morgan fingerprint density at radius 2 is 1.40 bits per heavy atom. The summed E-state index contributed by atoms with van der Waals surface area (Å²) < 4.78 is 0. The number of fused-ring (bicyclic) bond motifs is 1. The second-order valence-corrected chi connectivity index (χ2v) is 14.6. The average molecular weight is 700 g/mol. The molecule has 2 aliphatic carbocycles. The fraction of sp³-hybridized carbons (Fsp3) is 0.116. The smallest absolute Gasteiger partial charge is 0.266 e. The molecule has 52 heavy (non-hydrogen) atoms. The van der Waals surface area contributed by atoms with Crippen LogP contribution in [0.4, 0.5) is 5.69 Å². The second-order valence-electron chi connectivity index (χ2n) is 13.5. The van der Waals surface area contributed by atoms with Gasteiger partial charge >= 0.3 is 0 Å². The summed E-state index contributed by atoms with van der Waals surface area (Å²) in [6, 6.07) is 27.1. The van der Waals surface area contributed by atoms with Crippen LogP contribution >= 0.6 is 11.8 Å². The molecule has 5 aromatic carbocycles. The highest BCUT2D eigenvalue weighted by molar-refractivity contribution is 7.99. The molecule has 0 fully saturated rings. The Morgan fingerprint density at radius 3 is 2.06 bits per heavy atom. The van der Waals surface area contributed by atoms with Gasteiger partial charge in [-0.1, -0.05) is 68.1 Å². The number of aromatic amines is 1. The van der Waals surface area contributed by atoms with Crippen LogP contribution in [0.1, 0.15) is 90.5 Å². The summed E-state index contributed by atoms with van der Waals surface area (Å²) in [5, 5.41) is 0.890. The van der Waals surface area contributed by atoms with Crippen molar-refractivity contribution in [2.75, 3.05) is 4.90 Å². The Morgan fingerprint density at radius 1 is 0.731 bits per heavy atom. The number of Topliss-reactive ketones (excluding diaryl/α,β-unsaturated/α-hetero) is 2. The highest BCUT2D eigenvalue weighted by Crippen LogP contribution is 2.43. The van der Waals surface area contributed by atoms with Crippen LogP contribution in [-0.4, -0.2) is 33.3 Å². The first-order valence-corrected chi connectivity index (χ1v) is 17.8. The highest BCUT2D eigenvalue weighted by Gasteiger charge is 2.43. The SMILES string of the molecule is CC(C)c1ccc(N2C(=O)c3ccc4c5c(ccc(c35)C2=O)C(=O)C(c2nc3ccc(Sc5ccccc5)cc3c(=O)[nH]2)C4=O)c(C2=CC=CC2)c1. The number of hydrogen-bond donors (Lipinski definition) is 1. The van der Waals surface area contributed by atoms with Gasteiger partial charge in [0, 0.05) is 48.4 Å². The van der Waals surface area contributed by atoms with Crippen LogP contribution in [-0.2, 0) is 0 Å². The van der Waals surface area contributed by atoms with E-state index in [0.29, 0.717) is 23.0 Å². The minimum atomic E-state index is -1.40. The molecule has 8 nitrogen and oxygen atoms in total. The van der Waals surface area contributed by atoms with Crippen molar-refractivity contribution in [2.45, 2.75) is 41.9 Å². The summed E-state index contributed by atoms with van der Waals surface area (Å²) in [6.45, 7) is 4.19. The van der Waals surface area contributed by atoms with E-state index in [0.717, 1.165) is 26.5 Å². The summed E-state index contributed by atoms with van der Waals surface area (Å²) in [7, 11) is 0. The van der Waals surface area contributed by atoms with Gasteiger partial charge in [-0.2, -0.15) is 0 Å². The Bertz CT molecular complexity index is 2660. The van der Waals surface area contributed by atoms with Crippen molar-refractivity contribution < 1.29 is 19.2 Å². The lowest BCUT2D eigenvalue weighted by Crippen LogP contribution is -2.41. The van der Waals surface area contributed by atoms with Crippen molar-refractivity contribution in [3.05, 3.63) is 159 Å². The molecule has 1 aromatic heterocycles. The van der Waals surface area contributed by atoms with Gasteiger partial charge in [0.2, 0.25) is 0 Å². The zero-order valence-corrected chi connectivity index (χ0v) is 28.9. The van der Waals surface area contributed by atoms with Gasteiger partial charge < -0.3 is 4.98 Å². The molecule has 6 aromatic rings. The normalized spacial score (nSPS) is 15.4. The Hall–Kier alpha value is -6.19. The van der Waals surface area contributed by atoms with Crippen LogP contribution in [0.3, 0.4) is 0 Å². The van der Waals surface area contributed by atoms with E-state index in [1.807, 2.05) is 72.8 Å². The Kier molecular flexibility index (Phi) is 7.30. The third kappa shape index (κ3) is 4.84. The van der Waals surface area contributed by atoms with E-state index in [9.17, 15) is 24.0 Å². The first kappa shape index (κ1) is 31.8. The van der Waals surface area contributed by atoms with Gasteiger partial charge in [0.1, 0.15) is 11.7 Å². The molecular weight excluding hydrogens is 671 g/mol. The largest absolute Gasteiger partial charge is 0.309 e. The van der Waals surface area contributed by atoms with Crippen LogP contribution in [0.15, 0.2) is 124 Å². The van der Waals surface area contributed by atoms with Crippen LogP contribution in [0.5, 0.6) is 0 Å². The molecule has 0 saturated heterocycles. The Labute approximate surface area is 301 Å². The van der Waals surface area contributed by atoms with E-state index in [4.69, 9.17) is 0 Å². The van der Waals surface area contributed by atoms with Gasteiger partial charge in [0.25, 0.3) is 17.4 Å². The molecule has 0 spiro atoms. The predicted octanol–water partition coefficient (Wildman–Crippen LogP) is 8.66. The number of H-pyrrole nitrogens is 1. The predicted molar refractivity (Wildman–Crippen MR) is 202 cm³/mol. The quantitative estimate of drug-likeness (QED) is 0.137. The number of ketones is 2. The number of aromatic nitrogens is 2. The zero-order chi connectivity index (χ0) is 35.8. The number of anilines is 1. The molecule has 0 bridgehead atoms. The summed E-state index contributed by atoms with van der Waals surface area (Å²) in [5.41, 5.74) is 4.11. The van der Waals surface area contributed by atoms with Crippen molar-refractivity contribution in [1.82, 2.24) is 9.97 Å². The lowest BCUT2D eigenvalue weighted by Gasteiger charge is -2.31.